The molecule has 0 unspecified atom stereocenters. The molecule has 0 atom stereocenters. The van der Waals surface area contributed by atoms with Crippen LogP contribution in [0.15, 0.2) is 72.1 Å². The molecule has 0 aliphatic heterocycles. The molecule has 0 aliphatic rings. The smallest absolute Gasteiger partial charge is 0.419 e. The summed E-state index contributed by atoms with van der Waals surface area (Å²) in [5.74, 6) is -1.13. The molecule has 4 heterocycles. The summed E-state index contributed by atoms with van der Waals surface area (Å²) in [6.07, 6.45) is 5.96. The largest absolute Gasteiger partial charge is 0.424 e. The molecule has 4 aromatic heterocycles. The van der Waals surface area contributed by atoms with Crippen molar-refractivity contribution in [1.29, 1.82) is 0 Å². The maximum Gasteiger partial charge on any atom is 0.419 e. The van der Waals surface area contributed by atoms with Gasteiger partial charge in [-0.25, -0.2) is 24.0 Å². The molecule has 0 spiro atoms. The second-order valence-electron chi connectivity index (χ2n) is 9.31. The number of pyridine rings is 1. The number of carbonyl (C=O) groups excluding carboxylic acids is 4. The van der Waals surface area contributed by atoms with E-state index in [9.17, 15) is 19.2 Å². The van der Waals surface area contributed by atoms with Gasteiger partial charge >= 0.3 is 12.1 Å². The Kier molecular flexibility index (Phi) is 8.55. The summed E-state index contributed by atoms with van der Waals surface area (Å²) in [6, 6.07) is 9.69. The Morgan fingerprint density at radius 1 is 1.07 bits per heavy atom. The molecule has 0 radical (unpaired) electrons. The summed E-state index contributed by atoms with van der Waals surface area (Å²) in [5, 5.41) is 13.8. The minimum atomic E-state index is -0.994. The zero-order valence-electron chi connectivity index (χ0n) is 23.8. The van der Waals surface area contributed by atoms with Crippen LogP contribution in [0, 0.1) is 13.8 Å². The van der Waals surface area contributed by atoms with E-state index in [0.717, 1.165) is 10.5 Å². The molecular weight excluding hydrogens is 572 g/mol. The van der Waals surface area contributed by atoms with E-state index in [-0.39, 0.29) is 29.4 Å². The van der Waals surface area contributed by atoms with Crippen molar-refractivity contribution >= 4 is 46.7 Å². The van der Waals surface area contributed by atoms with Gasteiger partial charge in [0.15, 0.2) is 11.6 Å². The van der Waals surface area contributed by atoms with Crippen molar-refractivity contribution in [3.8, 4) is 0 Å². The van der Waals surface area contributed by atoms with Crippen molar-refractivity contribution in [2.75, 3.05) is 24.0 Å². The number of imide groups is 1. The molecule has 5 aromatic rings. The number of esters is 1. The van der Waals surface area contributed by atoms with E-state index in [4.69, 9.17) is 14.0 Å². The molecule has 44 heavy (non-hydrogen) atoms. The summed E-state index contributed by atoms with van der Waals surface area (Å²) in [7, 11) is 0. The van der Waals surface area contributed by atoms with Gasteiger partial charge in [0.25, 0.3) is 11.8 Å². The zero-order valence-corrected chi connectivity index (χ0v) is 23.8. The SMILES string of the molecule is CCN(C(=O)OCOC(=O)c1cccnc1)C(=O)c1cn2ncnc(Nc3cc(C(=O)Nc4ccon4)ccc3C)c2c1C. The molecule has 1 aromatic carbocycles. The average Bonchev–Trinajstić information content (AvgIpc) is 3.66. The summed E-state index contributed by atoms with van der Waals surface area (Å²) >= 11 is 0. The van der Waals surface area contributed by atoms with Crippen molar-refractivity contribution in [3.63, 3.8) is 0 Å². The van der Waals surface area contributed by atoms with E-state index in [1.54, 1.807) is 38.1 Å². The third-order valence-electron chi connectivity index (χ3n) is 6.54. The molecule has 0 saturated carbocycles. The highest BCUT2D eigenvalue weighted by atomic mass is 16.7. The van der Waals surface area contributed by atoms with E-state index in [1.165, 1.54) is 47.8 Å². The molecule has 5 rings (SSSR count). The van der Waals surface area contributed by atoms with Crippen LogP contribution < -0.4 is 10.6 Å². The normalized spacial score (nSPS) is 10.7. The Hall–Kier alpha value is -6.12. The molecule has 15 nitrogen and oxygen atoms in total. The van der Waals surface area contributed by atoms with Crippen molar-refractivity contribution in [2.45, 2.75) is 20.8 Å². The number of aromatic nitrogens is 5. The number of nitrogens with zero attached hydrogens (tertiary/aromatic N) is 6. The first-order chi connectivity index (χ1) is 21.3. The predicted molar refractivity (Wildman–Crippen MR) is 154 cm³/mol. The van der Waals surface area contributed by atoms with Crippen LogP contribution in [-0.4, -0.2) is 66.9 Å². The molecule has 0 aliphatic carbocycles. The van der Waals surface area contributed by atoms with Crippen LogP contribution in [0.2, 0.25) is 0 Å². The Morgan fingerprint density at radius 3 is 2.64 bits per heavy atom. The third-order valence-corrected chi connectivity index (χ3v) is 6.54. The molecule has 2 N–H and O–H groups in total. The summed E-state index contributed by atoms with van der Waals surface area (Å²) in [6.45, 7) is 4.45. The van der Waals surface area contributed by atoms with Crippen LogP contribution in [0.4, 0.5) is 22.1 Å². The van der Waals surface area contributed by atoms with Gasteiger partial charge < -0.3 is 24.6 Å². The van der Waals surface area contributed by atoms with Crippen LogP contribution in [0.25, 0.3) is 5.52 Å². The van der Waals surface area contributed by atoms with Gasteiger partial charge in [-0.2, -0.15) is 5.10 Å². The molecule has 0 fully saturated rings. The molecule has 224 valence electrons. The lowest BCUT2D eigenvalue weighted by Crippen LogP contribution is -2.37. The standard InChI is InChI=1S/C29H26N8O7/c1-4-36(29(41)43-16-42-28(40)20-6-5-10-30-13-20)27(39)21-14-37-24(18(21)3)25(31-15-32-37)33-22-12-19(8-7-17(22)2)26(38)34-23-9-11-44-35-23/h5-15H,4,16H2,1-3H3,(H,31,32,33)(H,34,35,38). The van der Waals surface area contributed by atoms with Gasteiger partial charge in [-0.1, -0.05) is 11.2 Å². The fourth-order valence-corrected chi connectivity index (χ4v) is 4.24. The van der Waals surface area contributed by atoms with Crippen LogP contribution in [-0.2, 0) is 9.47 Å². The van der Waals surface area contributed by atoms with Crippen LogP contribution in [0.3, 0.4) is 0 Å². The van der Waals surface area contributed by atoms with Gasteiger partial charge in [0.1, 0.15) is 18.1 Å². The number of ether oxygens (including phenoxy) is 2. The molecule has 15 heteroatoms. The minimum absolute atomic E-state index is 0.0149. The minimum Gasteiger partial charge on any atom is -0.424 e. The lowest BCUT2D eigenvalue weighted by atomic mass is 10.1. The summed E-state index contributed by atoms with van der Waals surface area (Å²) in [4.78, 5) is 60.1. The number of benzene rings is 1. The quantitative estimate of drug-likeness (QED) is 0.183. The average molecular weight is 599 g/mol. The highest BCUT2D eigenvalue weighted by Crippen LogP contribution is 2.28. The zero-order chi connectivity index (χ0) is 31.2. The molecule has 0 bridgehead atoms. The molecule has 3 amide bonds. The van der Waals surface area contributed by atoms with Gasteiger partial charge in [-0.05, 0) is 56.2 Å². The number of carbonyl (C=O) groups is 4. The Labute approximate surface area is 249 Å². The van der Waals surface area contributed by atoms with E-state index in [0.29, 0.717) is 28.1 Å². The van der Waals surface area contributed by atoms with Crippen molar-refractivity contribution < 1.29 is 33.2 Å². The Morgan fingerprint density at radius 2 is 1.91 bits per heavy atom. The second kappa shape index (κ2) is 12.8. The number of fused-ring (bicyclic) bond motifs is 1. The monoisotopic (exact) mass is 598 g/mol. The number of hydrogen-bond donors (Lipinski definition) is 2. The Balaban J connectivity index is 1.33. The third kappa shape index (κ3) is 6.20. The maximum absolute atomic E-state index is 13.5. The van der Waals surface area contributed by atoms with Gasteiger partial charge in [-0.15, -0.1) is 0 Å². The highest BCUT2D eigenvalue weighted by molar-refractivity contribution is 6.06. The molecular formula is C29H26N8O7. The van der Waals surface area contributed by atoms with Crippen molar-refractivity contribution in [2.24, 2.45) is 0 Å². The van der Waals surface area contributed by atoms with Gasteiger partial charge in [0.05, 0.1) is 11.1 Å². The first-order valence-corrected chi connectivity index (χ1v) is 13.2. The van der Waals surface area contributed by atoms with Crippen molar-refractivity contribution in [3.05, 3.63) is 95.4 Å². The van der Waals surface area contributed by atoms with Gasteiger partial charge in [0.2, 0.25) is 6.79 Å². The fraction of sp³-hybridized carbons (Fsp3) is 0.172. The van der Waals surface area contributed by atoms with E-state index < -0.39 is 24.8 Å². The highest BCUT2D eigenvalue weighted by Gasteiger charge is 2.27. The number of aryl methyl sites for hydroxylation is 2. The first kappa shape index (κ1) is 29.4. The van der Waals surface area contributed by atoms with E-state index in [2.05, 4.69) is 30.9 Å². The summed E-state index contributed by atoms with van der Waals surface area (Å²) < 4.78 is 16.2. The molecule has 0 saturated heterocycles. The Bertz CT molecular complexity index is 1840. The van der Waals surface area contributed by atoms with E-state index >= 15 is 0 Å². The van der Waals surface area contributed by atoms with Crippen LogP contribution in [0.5, 0.6) is 0 Å². The van der Waals surface area contributed by atoms with Crippen LogP contribution in [0.1, 0.15) is 49.1 Å². The van der Waals surface area contributed by atoms with Crippen molar-refractivity contribution in [1.82, 2.24) is 29.6 Å². The second-order valence-corrected chi connectivity index (χ2v) is 9.31. The lowest BCUT2D eigenvalue weighted by molar-refractivity contribution is -0.0102. The number of rotatable bonds is 9. The van der Waals surface area contributed by atoms with Gasteiger partial charge in [-0.3, -0.25) is 14.6 Å². The fourth-order valence-electron chi connectivity index (χ4n) is 4.24. The number of anilines is 3. The first-order valence-electron chi connectivity index (χ1n) is 13.2. The lowest BCUT2D eigenvalue weighted by Gasteiger charge is -2.18. The van der Waals surface area contributed by atoms with Crippen LogP contribution >= 0.6 is 0 Å². The van der Waals surface area contributed by atoms with E-state index in [1.807, 2.05) is 6.92 Å². The number of hydrogen-bond acceptors (Lipinski definition) is 12. The number of nitrogens with one attached hydrogen (secondary N) is 2. The maximum atomic E-state index is 13.5. The number of amides is 3. The topological polar surface area (TPSA) is 183 Å². The summed E-state index contributed by atoms with van der Waals surface area (Å²) in [5.41, 5.74) is 3.10. The predicted octanol–water partition coefficient (Wildman–Crippen LogP) is 4.14. The van der Waals surface area contributed by atoms with Gasteiger partial charge in [0, 0.05) is 42.5 Å².